The van der Waals surface area contributed by atoms with Gasteiger partial charge in [-0.25, -0.2) is 4.98 Å². The third-order valence-electron chi connectivity index (χ3n) is 3.29. The Balaban J connectivity index is 1.66. The van der Waals surface area contributed by atoms with E-state index in [-0.39, 0.29) is 0 Å². The zero-order valence-electron chi connectivity index (χ0n) is 12.7. The van der Waals surface area contributed by atoms with Gasteiger partial charge in [-0.05, 0) is 51.9 Å². The van der Waals surface area contributed by atoms with Crippen LogP contribution in [0, 0.1) is 6.92 Å². The predicted molar refractivity (Wildman–Crippen MR) is 89.9 cm³/mol. The molecule has 0 atom stereocenters. The first-order chi connectivity index (χ1) is 10.2. The number of alkyl halides is 1. The molecule has 2 rings (SSSR count). The first-order valence-electron chi connectivity index (χ1n) is 7.27. The average Bonchev–Trinajstić information content (AvgIpc) is 2.91. The Morgan fingerprint density at radius 2 is 2.05 bits per heavy atom. The summed E-state index contributed by atoms with van der Waals surface area (Å²) in [6.45, 7) is 4.03. The highest BCUT2D eigenvalue weighted by atomic mass is 35.5. The molecule has 0 aliphatic carbocycles. The number of hydrogen-bond acceptors (Lipinski definition) is 4. The first-order valence-corrected chi connectivity index (χ1v) is 8.69. The van der Waals surface area contributed by atoms with Gasteiger partial charge in [0, 0.05) is 17.6 Å². The number of pyridine rings is 1. The topological polar surface area (TPSA) is 29.0 Å². The molecule has 0 saturated heterocycles. The fraction of sp³-hybridized carbons (Fsp3) is 0.500. The lowest BCUT2D eigenvalue weighted by Gasteiger charge is -2.16. The van der Waals surface area contributed by atoms with E-state index in [9.17, 15) is 0 Å². The minimum atomic E-state index is 0.517. The third-order valence-corrected chi connectivity index (χ3v) is 4.53. The molecule has 2 aromatic rings. The SMILES string of the molecule is Cc1cccc(CN(C)CCCCc2nc(CCl)cs2)n1. The molecule has 0 aliphatic heterocycles. The summed E-state index contributed by atoms with van der Waals surface area (Å²) in [5.41, 5.74) is 3.23. The van der Waals surface area contributed by atoms with Crippen LogP contribution in [0.15, 0.2) is 23.6 Å². The number of aromatic nitrogens is 2. The smallest absolute Gasteiger partial charge is 0.0928 e. The van der Waals surface area contributed by atoms with E-state index >= 15 is 0 Å². The molecule has 2 aromatic heterocycles. The Labute approximate surface area is 136 Å². The number of aryl methyl sites for hydroxylation is 2. The fourth-order valence-corrected chi connectivity index (χ4v) is 3.29. The van der Waals surface area contributed by atoms with E-state index < -0.39 is 0 Å². The van der Waals surface area contributed by atoms with Gasteiger partial charge >= 0.3 is 0 Å². The normalized spacial score (nSPS) is 11.2. The van der Waals surface area contributed by atoms with Gasteiger partial charge in [-0.3, -0.25) is 4.98 Å². The maximum absolute atomic E-state index is 5.76. The second-order valence-electron chi connectivity index (χ2n) is 5.33. The van der Waals surface area contributed by atoms with Crippen molar-refractivity contribution in [1.82, 2.24) is 14.9 Å². The van der Waals surface area contributed by atoms with Gasteiger partial charge in [-0.1, -0.05) is 6.07 Å². The molecule has 2 heterocycles. The molecule has 0 aromatic carbocycles. The Morgan fingerprint density at radius 1 is 1.19 bits per heavy atom. The molecule has 3 nitrogen and oxygen atoms in total. The van der Waals surface area contributed by atoms with E-state index in [0.29, 0.717) is 5.88 Å². The number of thiazole rings is 1. The van der Waals surface area contributed by atoms with Crippen LogP contribution >= 0.6 is 22.9 Å². The Kier molecular flexibility index (Phi) is 6.61. The maximum Gasteiger partial charge on any atom is 0.0928 e. The molecule has 21 heavy (non-hydrogen) atoms. The molecule has 0 N–H and O–H groups in total. The van der Waals surface area contributed by atoms with Crippen LogP contribution in [-0.4, -0.2) is 28.5 Å². The second kappa shape index (κ2) is 8.47. The lowest BCUT2D eigenvalue weighted by molar-refractivity contribution is 0.315. The summed E-state index contributed by atoms with van der Waals surface area (Å²) in [7, 11) is 2.15. The fourth-order valence-electron chi connectivity index (χ4n) is 2.23. The van der Waals surface area contributed by atoms with Gasteiger partial charge in [0.1, 0.15) is 0 Å². The van der Waals surface area contributed by atoms with Crippen molar-refractivity contribution in [2.75, 3.05) is 13.6 Å². The summed E-state index contributed by atoms with van der Waals surface area (Å²) in [4.78, 5) is 11.4. The number of rotatable bonds is 8. The molecule has 0 spiro atoms. The number of halogens is 1. The standard InChI is InChI=1S/C16H22ClN3S/c1-13-6-5-7-14(18-13)11-20(2)9-4-3-8-16-19-15(10-17)12-21-16/h5-7,12H,3-4,8-11H2,1-2H3. The monoisotopic (exact) mass is 323 g/mol. The van der Waals surface area contributed by atoms with E-state index in [1.54, 1.807) is 11.3 Å². The second-order valence-corrected chi connectivity index (χ2v) is 6.54. The third kappa shape index (κ3) is 5.73. The van der Waals surface area contributed by atoms with Gasteiger partial charge in [-0.2, -0.15) is 0 Å². The summed E-state index contributed by atoms with van der Waals surface area (Å²) < 4.78 is 0. The molecule has 0 radical (unpaired) electrons. The molecule has 0 fully saturated rings. The lowest BCUT2D eigenvalue weighted by atomic mass is 10.2. The van der Waals surface area contributed by atoms with E-state index in [2.05, 4.69) is 39.4 Å². The van der Waals surface area contributed by atoms with Gasteiger partial charge < -0.3 is 4.90 Å². The minimum absolute atomic E-state index is 0.517. The van der Waals surface area contributed by atoms with E-state index in [1.807, 2.05) is 13.0 Å². The van der Waals surface area contributed by atoms with Crippen molar-refractivity contribution in [3.8, 4) is 0 Å². The molecule has 0 saturated carbocycles. The van der Waals surface area contributed by atoms with Crippen LogP contribution in [0.5, 0.6) is 0 Å². The summed E-state index contributed by atoms with van der Waals surface area (Å²) in [5.74, 6) is 0.517. The number of nitrogens with zero attached hydrogens (tertiary/aromatic N) is 3. The van der Waals surface area contributed by atoms with Gasteiger partial charge in [0.15, 0.2) is 0 Å². The molecule has 0 amide bonds. The van der Waals surface area contributed by atoms with Crippen LogP contribution < -0.4 is 0 Å². The van der Waals surface area contributed by atoms with Crippen molar-refractivity contribution in [1.29, 1.82) is 0 Å². The largest absolute Gasteiger partial charge is 0.301 e. The molecule has 0 bridgehead atoms. The predicted octanol–water partition coefficient (Wildman–Crippen LogP) is 4.04. The van der Waals surface area contributed by atoms with Crippen molar-refractivity contribution in [2.24, 2.45) is 0 Å². The van der Waals surface area contributed by atoms with Crippen molar-refractivity contribution >= 4 is 22.9 Å². The Hall–Kier alpha value is -0.970. The van der Waals surface area contributed by atoms with Crippen LogP contribution in [0.25, 0.3) is 0 Å². The van der Waals surface area contributed by atoms with Crippen molar-refractivity contribution in [3.05, 3.63) is 45.7 Å². The maximum atomic E-state index is 5.76. The van der Waals surface area contributed by atoms with Crippen LogP contribution in [-0.2, 0) is 18.8 Å². The zero-order chi connectivity index (χ0) is 15.1. The highest BCUT2D eigenvalue weighted by Crippen LogP contribution is 2.14. The van der Waals surface area contributed by atoms with Crippen LogP contribution in [0.3, 0.4) is 0 Å². The van der Waals surface area contributed by atoms with E-state index in [0.717, 1.165) is 36.6 Å². The Bertz CT molecular complexity index is 556. The van der Waals surface area contributed by atoms with Gasteiger partial charge in [0.25, 0.3) is 0 Å². The molecular weight excluding hydrogens is 302 g/mol. The van der Waals surface area contributed by atoms with E-state index in [1.165, 1.54) is 17.8 Å². The molecule has 0 aliphatic rings. The summed E-state index contributed by atoms with van der Waals surface area (Å²) in [6.07, 6.45) is 3.40. The molecular formula is C16H22ClN3S. The average molecular weight is 324 g/mol. The van der Waals surface area contributed by atoms with E-state index in [4.69, 9.17) is 11.6 Å². The van der Waals surface area contributed by atoms with Crippen LogP contribution in [0.4, 0.5) is 0 Å². The van der Waals surface area contributed by atoms with Gasteiger partial charge in [0.05, 0.1) is 22.3 Å². The van der Waals surface area contributed by atoms with Gasteiger partial charge in [-0.15, -0.1) is 22.9 Å². The molecule has 5 heteroatoms. The highest BCUT2D eigenvalue weighted by Gasteiger charge is 2.04. The van der Waals surface area contributed by atoms with Crippen molar-refractivity contribution in [2.45, 2.75) is 38.6 Å². The lowest BCUT2D eigenvalue weighted by Crippen LogP contribution is -2.20. The number of unbranched alkanes of at least 4 members (excludes halogenated alkanes) is 1. The molecule has 114 valence electrons. The van der Waals surface area contributed by atoms with Gasteiger partial charge in [0.2, 0.25) is 0 Å². The summed E-state index contributed by atoms with van der Waals surface area (Å²) in [5, 5.41) is 3.26. The number of hydrogen-bond donors (Lipinski definition) is 0. The quantitative estimate of drug-likeness (QED) is 0.542. The summed E-state index contributed by atoms with van der Waals surface area (Å²) >= 11 is 7.48. The molecule has 0 unspecified atom stereocenters. The van der Waals surface area contributed by atoms with Crippen molar-refractivity contribution < 1.29 is 0 Å². The zero-order valence-corrected chi connectivity index (χ0v) is 14.3. The summed E-state index contributed by atoms with van der Waals surface area (Å²) in [6, 6.07) is 6.20. The minimum Gasteiger partial charge on any atom is -0.301 e. The van der Waals surface area contributed by atoms with Crippen LogP contribution in [0.2, 0.25) is 0 Å². The van der Waals surface area contributed by atoms with Crippen LogP contribution in [0.1, 0.15) is 34.9 Å². The Morgan fingerprint density at radius 3 is 2.76 bits per heavy atom. The highest BCUT2D eigenvalue weighted by molar-refractivity contribution is 7.09. The van der Waals surface area contributed by atoms with Crippen molar-refractivity contribution in [3.63, 3.8) is 0 Å². The first kappa shape index (κ1) is 16.4.